The molecule has 0 aliphatic heterocycles. The van der Waals surface area contributed by atoms with Gasteiger partial charge in [0, 0.05) is 5.56 Å². The standard InChI is InChI=1S/C9H9NO4/c10-8(11)5-14-7-4-2-1-3-6(7)9(12)13/h1-4H,5H2,(H2,10,11)(H,12,13)/p-1. The zero-order valence-corrected chi connectivity index (χ0v) is 7.23. The minimum absolute atomic E-state index is 0.0753. The molecule has 0 heterocycles. The number of hydrogen-bond acceptors (Lipinski definition) is 4. The van der Waals surface area contributed by atoms with Crippen molar-refractivity contribution in [2.24, 2.45) is 5.73 Å². The van der Waals surface area contributed by atoms with Gasteiger partial charge in [0.15, 0.2) is 6.61 Å². The van der Waals surface area contributed by atoms with Gasteiger partial charge in [-0.15, -0.1) is 0 Å². The largest absolute Gasteiger partial charge is 0.545 e. The summed E-state index contributed by atoms with van der Waals surface area (Å²) < 4.78 is 4.86. The van der Waals surface area contributed by atoms with Crippen molar-refractivity contribution in [2.75, 3.05) is 6.61 Å². The minimum Gasteiger partial charge on any atom is -0.545 e. The number of carboxylic acids is 1. The third-order valence-corrected chi connectivity index (χ3v) is 1.48. The van der Waals surface area contributed by atoms with Crippen LogP contribution in [0.2, 0.25) is 0 Å². The fourth-order valence-corrected chi connectivity index (χ4v) is 0.910. The molecule has 74 valence electrons. The van der Waals surface area contributed by atoms with Crippen LogP contribution in [-0.2, 0) is 4.79 Å². The zero-order valence-electron chi connectivity index (χ0n) is 7.23. The van der Waals surface area contributed by atoms with Gasteiger partial charge in [0.25, 0.3) is 5.91 Å². The molecule has 14 heavy (non-hydrogen) atoms. The van der Waals surface area contributed by atoms with Crippen molar-refractivity contribution in [1.29, 1.82) is 0 Å². The summed E-state index contributed by atoms with van der Waals surface area (Å²) in [5, 5.41) is 10.6. The number of rotatable bonds is 4. The lowest BCUT2D eigenvalue weighted by Gasteiger charge is -2.09. The van der Waals surface area contributed by atoms with Crippen molar-refractivity contribution < 1.29 is 19.4 Å². The van der Waals surface area contributed by atoms with E-state index in [1.165, 1.54) is 18.2 Å². The Morgan fingerprint density at radius 3 is 2.57 bits per heavy atom. The number of aromatic carboxylic acids is 1. The number of amides is 1. The van der Waals surface area contributed by atoms with Gasteiger partial charge in [0.05, 0.1) is 5.97 Å². The second-order valence-corrected chi connectivity index (χ2v) is 2.54. The van der Waals surface area contributed by atoms with Crippen LogP contribution >= 0.6 is 0 Å². The van der Waals surface area contributed by atoms with Gasteiger partial charge in [-0.3, -0.25) is 4.79 Å². The summed E-state index contributed by atoms with van der Waals surface area (Å²) in [6.45, 7) is -0.357. The number of carbonyl (C=O) groups is 2. The number of ether oxygens (including phenoxy) is 1. The molecule has 0 aliphatic rings. The highest BCUT2D eigenvalue weighted by molar-refractivity contribution is 5.89. The van der Waals surface area contributed by atoms with Gasteiger partial charge in [-0.25, -0.2) is 0 Å². The van der Waals surface area contributed by atoms with Crippen molar-refractivity contribution in [3.8, 4) is 5.75 Å². The smallest absolute Gasteiger partial charge is 0.255 e. The SMILES string of the molecule is NC(=O)COc1ccccc1C(=O)[O-]. The maximum atomic E-state index is 10.6. The van der Waals surface area contributed by atoms with Crippen LogP contribution in [0.4, 0.5) is 0 Å². The van der Waals surface area contributed by atoms with Crippen molar-refractivity contribution in [3.63, 3.8) is 0 Å². The Bertz CT molecular complexity index is 362. The first-order valence-electron chi connectivity index (χ1n) is 3.82. The average Bonchev–Trinajstić information content (AvgIpc) is 2.15. The Morgan fingerprint density at radius 2 is 2.00 bits per heavy atom. The fourth-order valence-electron chi connectivity index (χ4n) is 0.910. The topological polar surface area (TPSA) is 92.5 Å². The van der Waals surface area contributed by atoms with Gasteiger partial charge in [0.2, 0.25) is 0 Å². The molecule has 0 saturated heterocycles. The number of benzene rings is 1. The highest BCUT2D eigenvalue weighted by atomic mass is 16.5. The predicted molar refractivity (Wildman–Crippen MR) is 45.5 cm³/mol. The van der Waals surface area contributed by atoms with Gasteiger partial charge >= 0.3 is 0 Å². The van der Waals surface area contributed by atoms with E-state index in [-0.39, 0.29) is 17.9 Å². The number of carbonyl (C=O) groups excluding carboxylic acids is 2. The third kappa shape index (κ3) is 2.48. The fraction of sp³-hybridized carbons (Fsp3) is 0.111. The predicted octanol–water partition coefficient (Wildman–Crippen LogP) is -1.09. The first-order valence-corrected chi connectivity index (χ1v) is 3.82. The Balaban J connectivity index is 2.84. The second kappa shape index (κ2) is 4.27. The van der Waals surface area contributed by atoms with E-state index in [9.17, 15) is 14.7 Å². The van der Waals surface area contributed by atoms with Crippen molar-refractivity contribution in [3.05, 3.63) is 29.8 Å². The number of hydrogen-bond donors (Lipinski definition) is 1. The molecule has 0 atom stereocenters. The van der Waals surface area contributed by atoms with E-state index in [0.29, 0.717) is 0 Å². The van der Waals surface area contributed by atoms with Crippen LogP contribution in [0.25, 0.3) is 0 Å². The van der Waals surface area contributed by atoms with Crippen LogP contribution in [0, 0.1) is 0 Å². The third-order valence-electron chi connectivity index (χ3n) is 1.48. The molecule has 0 fully saturated rings. The van der Waals surface area contributed by atoms with Crippen LogP contribution in [0.15, 0.2) is 24.3 Å². The molecule has 2 N–H and O–H groups in total. The first kappa shape index (κ1) is 10.0. The maximum Gasteiger partial charge on any atom is 0.255 e. The lowest BCUT2D eigenvalue weighted by molar-refractivity contribution is -0.255. The van der Waals surface area contributed by atoms with Crippen LogP contribution in [0.3, 0.4) is 0 Å². The Kier molecular flexibility index (Phi) is 3.06. The van der Waals surface area contributed by atoms with E-state index in [4.69, 9.17) is 10.5 Å². The van der Waals surface area contributed by atoms with Crippen molar-refractivity contribution in [2.45, 2.75) is 0 Å². The van der Waals surface area contributed by atoms with E-state index in [1.807, 2.05) is 0 Å². The van der Waals surface area contributed by atoms with E-state index in [1.54, 1.807) is 6.07 Å². The number of nitrogens with two attached hydrogens (primary N) is 1. The summed E-state index contributed by atoms with van der Waals surface area (Å²) in [5.41, 5.74) is 4.74. The van der Waals surface area contributed by atoms with Crippen molar-refractivity contribution >= 4 is 11.9 Å². The van der Waals surface area contributed by atoms with E-state index in [0.717, 1.165) is 0 Å². The normalized spacial score (nSPS) is 9.43. The summed E-state index contributed by atoms with van der Waals surface area (Å²) in [6.07, 6.45) is 0. The van der Waals surface area contributed by atoms with Crippen molar-refractivity contribution in [1.82, 2.24) is 0 Å². The molecule has 0 aliphatic carbocycles. The molecule has 5 nitrogen and oxygen atoms in total. The molecular weight excluding hydrogens is 186 g/mol. The minimum atomic E-state index is -1.36. The molecule has 0 unspecified atom stereocenters. The van der Waals surface area contributed by atoms with Gasteiger partial charge in [-0.1, -0.05) is 12.1 Å². The molecule has 0 saturated carbocycles. The molecule has 0 aromatic heterocycles. The molecule has 1 aromatic carbocycles. The van der Waals surface area contributed by atoms with E-state index < -0.39 is 11.9 Å². The van der Waals surface area contributed by atoms with Crippen LogP contribution in [0.1, 0.15) is 10.4 Å². The summed E-state index contributed by atoms with van der Waals surface area (Å²) in [7, 11) is 0. The van der Waals surface area contributed by atoms with Crippen LogP contribution < -0.4 is 15.6 Å². The lowest BCUT2D eigenvalue weighted by atomic mass is 10.2. The summed E-state index contributed by atoms with van der Waals surface area (Å²) in [4.78, 5) is 20.9. The number of para-hydroxylation sites is 1. The molecule has 1 amide bonds. The summed E-state index contributed by atoms with van der Waals surface area (Å²) in [6, 6.07) is 5.87. The van der Waals surface area contributed by atoms with Gasteiger partial charge in [-0.05, 0) is 12.1 Å². The molecule has 0 bridgehead atoms. The quantitative estimate of drug-likeness (QED) is 0.659. The monoisotopic (exact) mass is 194 g/mol. The lowest BCUT2D eigenvalue weighted by Crippen LogP contribution is -2.25. The number of carboxylic acid groups (broad SMARTS) is 1. The molecule has 1 rings (SSSR count). The van der Waals surface area contributed by atoms with Gasteiger partial charge in [0.1, 0.15) is 5.75 Å². The van der Waals surface area contributed by atoms with Gasteiger partial charge in [-0.2, -0.15) is 0 Å². The summed E-state index contributed by atoms with van der Waals surface area (Å²) in [5.74, 6) is -1.95. The Labute approximate surface area is 80.1 Å². The highest BCUT2D eigenvalue weighted by Crippen LogP contribution is 2.16. The Hall–Kier alpha value is -2.04. The van der Waals surface area contributed by atoms with Crippen LogP contribution in [-0.4, -0.2) is 18.5 Å². The second-order valence-electron chi connectivity index (χ2n) is 2.54. The van der Waals surface area contributed by atoms with E-state index in [2.05, 4.69) is 0 Å². The first-order chi connectivity index (χ1) is 6.61. The maximum absolute atomic E-state index is 10.6. The Morgan fingerprint density at radius 1 is 1.36 bits per heavy atom. The number of primary amides is 1. The molecule has 1 aromatic rings. The van der Waals surface area contributed by atoms with Gasteiger partial charge < -0.3 is 20.4 Å². The zero-order chi connectivity index (χ0) is 10.6. The molecule has 0 spiro atoms. The molecule has 0 radical (unpaired) electrons. The van der Waals surface area contributed by atoms with E-state index >= 15 is 0 Å². The molecular formula is C9H8NO4-. The van der Waals surface area contributed by atoms with Crippen LogP contribution in [0.5, 0.6) is 5.75 Å². The molecule has 5 heteroatoms. The highest BCUT2D eigenvalue weighted by Gasteiger charge is 2.04. The summed E-state index contributed by atoms with van der Waals surface area (Å²) >= 11 is 0. The average molecular weight is 194 g/mol.